The highest BCUT2D eigenvalue weighted by molar-refractivity contribution is 7.99. The SMILES string of the molecule is CSC1CCCC1Nc1nc(C)ns1. The summed E-state index contributed by atoms with van der Waals surface area (Å²) in [5, 5.41) is 5.22. The van der Waals surface area contributed by atoms with Crippen LogP contribution in [-0.2, 0) is 0 Å². The normalized spacial score (nSPS) is 26.7. The molecule has 1 saturated carbocycles. The predicted octanol–water partition coefficient (Wildman–Crippen LogP) is 2.54. The largest absolute Gasteiger partial charge is 0.356 e. The van der Waals surface area contributed by atoms with E-state index < -0.39 is 0 Å². The number of rotatable bonds is 3. The summed E-state index contributed by atoms with van der Waals surface area (Å²) in [7, 11) is 0. The number of hydrogen-bond donors (Lipinski definition) is 1. The number of thioether (sulfide) groups is 1. The molecule has 0 aromatic carbocycles. The summed E-state index contributed by atoms with van der Waals surface area (Å²) in [6.07, 6.45) is 6.12. The lowest BCUT2D eigenvalue weighted by Crippen LogP contribution is -2.25. The number of aryl methyl sites for hydroxylation is 1. The highest BCUT2D eigenvalue weighted by atomic mass is 32.2. The minimum atomic E-state index is 0.595. The lowest BCUT2D eigenvalue weighted by molar-refractivity contribution is 0.767. The molecule has 2 unspecified atom stereocenters. The van der Waals surface area contributed by atoms with E-state index in [1.807, 2.05) is 18.7 Å². The molecule has 1 heterocycles. The first-order chi connectivity index (χ1) is 6.79. The number of anilines is 1. The average molecular weight is 229 g/mol. The Kier molecular flexibility index (Phi) is 3.28. The molecule has 1 fully saturated rings. The molecule has 3 nitrogen and oxygen atoms in total. The zero-order valence-corrected chi connectivity index (χ0v) is 10.1. The summed E-state index contributed by atoms with van der Waals surface area (Å²) in [6.45, 7) is 1.93. The average Bonchev–Trinajstić information content (AvgIpc) is 2.76. The number of nitrogens with one attached hydrogen (secondary N) is 1. The van der Waals surface area contributed by atoms with Crippen LogP contribution >= 0.6 is 23.3 Å². The molecule has 0 radical (unpaired) electrons. The lowest BCUT2D eigenvalue weighted by atomic mass is 10.2. The van der Waals surface area contributed by atoms with E-state index in [4.69, 9.17) is 0 Å². The third-order valence-electron chi connectivity index (χ3n) is 2.59. The summed E-state index contributed by atoms with van der Waals surface area (Å²) in [5.74, 6) is 0.871. The Bertz CT molecular complexity index is 300. The summed E-state index contributed by atoms with van der Waals surface area (Å²) < 4.78 is 4.17. The first-order valence-electron chi connectivity index (χ1n) is 4.89. The quantitative estimate of drug-likeness (QED) is 0.864. The van der Waals surface area contributed by atoms with E-state index in [-0.39, 0.29) is 0 Å². The van der Waals surface area contributed by atoms with Crippen LogP contribution in [0.2, 0.25) is 0 Å². The molecule has 0 aliphatic heterocycles. The molecule has 1 aliphatic carbocycles. The number of aromatic nitrogens is 2. The highest BCUT2D eigenvalue weighted by Gasteiger charge is 2.26. The van der Waals surface area contributed by atoms with Gasteiger partial charge in [-0.05, 0) is 26.0 Å². The first-order valence-corrected chi connectivity index (χ1v) is 6.95. The third-order valence-corrected chi connectivity index (χ3v) is 4.50. The van der Waals surface area contributed by atoms with Crippen LogP contribution in [0.15, 0.2) is 0 Å². The summed E-state index contributed by atoms with van der Waals surface area (Å²) in [5.41, 5.74) is 0. The smallest absolute Gasteiger partial charge is 0.202 e. The Morgan fingerprint density at radius 3 is 3.00 bits per heavy atom. The standard InChI is InChI=1S/C9H15N3S2/c1-6-10-9(14-12-6)11-7-4-3-5-8(7)13-2/h7-8H,3-5H2,1-2H3,(H,10,11,12). The van der Waals surface area contributed by atoms with Gasteiger partial charge in [0, 0.05) is 22.8 Å². The number of nitrogens with zero attached hydrogens (tertiary/aromatic N) is 2. The zero-order chi connectivity index (χ0) is 9.97. The van der Waals surface area contributed by atoms with Gasteiger partial charge in [-0.15, -0.1) is 0 Å². The molecule has 5 heteroatoms. The van der Waals surface area contributed by atoms with E-state index in [0.717, 1.165) is 16.2 Å². The van der Waals surface area contributed by atoms with Gasteiger partial charge in [-0.25, -0.2) is 4.98 Å². The predicted molar refractivity (Wildman–Crippen MR) is 63.2 cm³/mol. The maximum absolute atomic E-state index is 4.33. The Morgan fingerprint density at radius 2 is 2.36 bits per heavy atom. The molecule has 78 valence electrons. The second-order valence-electron chi connectivity index (χ2n) is 3.60. The van der Waals surface area contributed by atoms with Gasteiger partial charge < -0.3 is 5.32 Å². The van der Waals surface area contributed by atoms with Gasteiger partial charge in [0.05, 0.1) is 0 Å². The summed E-state index contributed by atoms with van der Waals surface area (Å²) in [6, 6.07) is 0.595. The molecule has 1 N–H and O–H groups in total. The Morgan fingerprint density at radius 1 is 1.50 bits per heavy atom. The van der Waals surface area contributed by atoms with Gasteiger partial charge in [-0.2, -0.15) is 16.1 Å². The zero-order valence-electron chi connectivity index (χ0n) is 8.49. The van der Waals surface area contributed by atoms with E-state index in [1.54, 1.807) is 0 Å². The molecular formula is C9H15N3S2. The van der Waals surface area contributed by atoms with Gasteiger partial charge in [0.25, 0.3) is 0 Å². The van der Waals surface area contributed by atoms with Crippen molar-refractivity contribution in [2.75, 3.05) is 11.6 Å². The Labute approximate surface area is 92.9 Å². The fourth-order valence-corrected chi connectivity index (χ4v) is 3.46. The fourth-order valence-electron chi connectivity index (χ4n) is 1.89. The monoisotopic (exact) mass is 229 g/mol. The van der Waals surface area contributed by atoms with E-state index in [1.165, 1.54) is 30.8 Å². The van der Waals surface area contributed by atoms with Crippen LogP contribution in [0.1, 0.15) is 25.1 Å². The molecule has 2 rings (SSSR count). The fraction of sp³-hybridized carbons (Fsp3) is 0.778. The third kappa shape index (κ3) is 2.20. The van der Waals surface area contributed by atoms with Crippen molar-refractivity contribution in [3.8, 4) is 0 Å². The van der Waals surface area contributed by atoms with Gasteiger partial charge in [-0.3, -0.25) is 0 Å². The molecule has 1 aliphatic rings. The minimum absolute atomic E-state index is 0.595. The Balaban J connectivity index is 1.96. The van der Waals surface area contributed by atoms with Crippen LogP contribution < -0.4 is 5.32 Å². The molecule has 2 atom stereocenters. The molecular weight excluding hydrogens is 214 g/mol. The lowest BCUT2D eigenvalue weighted by Gasteiger charge is -2.17. The molecule has 0 spiro atoms. The first kappa shape index (κ1) is 10.2. The van der Waals surface area contributed by atoms with Gasteiger partial charge in [0.15, 0.2) is 0 Å². The van der Waals surface area contributed by atoms with Crippen LogP contribution in [0, 0.1) is 6.92 Å². The van der Waals surface area contributed by atoms with Crippen molar-refractivity contribution in [2.45, 2.75) is 37.5 Å². The van der Waals surface area contributed by atoms with Crippen molar-refractivity contribution in [1.82, 2.24) is 9.36 Å². The highest BCUT2D eigenvalue weighted by Crippen LogP contribution is 2.30. The van der Waals surface area contributed by atoms with Gasteiger partial charge in [-0.1, -0.05) is 6.42 Å². The minimum Gasteiger partial charge on any atom is -0.356 e. The molecule has 0 amide bonds. The molecule has 14 heavy (non-hydrogen) atoms. The topological polar surface area (TPSA) is 37.8 Å². The van der Waals surface area contributed by atoms with Crippen molar-refractivity contribution in [1.29, 1.82) is 0 Å². The van der Waals surface area contributed by atoms with Crippen LogP contribution in [0.4, 0.5) is 5.13 Å². The van der Waals surface area contributed by atoms with Crippen LogP contribution in [0.5, 0.6) is 0 Å². The second-order valence-corrected chi connectivity index (χ2v) is 5.43. The molecule has 0 bridgehead atoms. The van der Waals surface area contributed by atoms with Crippen LogP contribution in [-0.4, -0.2) is 26.9 Å². The summed E-state index contributed by atoms with van der Waals surface area (Å²) >= 11 is 3.43. The van der Waals surface area contributed by atoms with Crippen molar-refractivity contribution in [3.05, 3.63) is 5.82 Å². The van der Waals surface area contributed by atoms with E-state index in [0.29, 0.717) is 6.04 Å². The van der Waals surface area contributed by atoms with E-state index in [2.05, 4.69) is 20.9 Å². The van der Waals surface area contributed by atoms with Crippen molar-refractivity contribution >= 4 is 28.4 Å². The second kappa shape index (κ2) is 4.49. The molecule has 0 saturated heterocycles. The van der Waals surface area contributed by atoms with E-state index in [9.17, 15) is 0 Å². The molecule has 1 aromatic heterocycles. The maximum Gasteiger partial charge on any atom is 0.202 e. The Hall–Kier alpha value is -0.290. The van der Waals surface area contributed by atoms with E-state index >= 15 is 0 Å². The van der Waals surface area contributed by atoms with Gasteiger partial charge in [0.2, 0.25) is 5.13 Å². The van der Waals surface area contributed by atoms with Crippen molar-refractivity contribution in [2.24, 2.45) is 0 Å². The summed E-state index contributed by atoms with van der Waals surface area (Å²) in [4.78, 5) is 4.33. The van der Waals surface area contributed by atoms with Gasteiger partial charge in [0.1, 0.15) is 5.82 Å². The number of hydrogen-bond acceptors (Lipinski definition) is 5. The van der Waals surface area contributed by atoms with Crippen molar-refractivity contribution < 1.29 is 0 Å². The van der Waals surface area contributed by atoms with Gasteiger partial charge >= 0.3 is 0 Å². The molecule has 1 aromatic rings. The maximum atomic E-state index is 4.33. The van der Waals surface area contributed by atoms with Crippen LogP contribution in [0.25, 0.3) is 0 Å². The van der Waals surface area contributed by atoms with Crippen molar-refractivity contribution in [3.63, 3.8) is 0 Å². The van der Waals surface area contributed by atoms with Crippen LogP contribution in [0.3, 0.4) is 0 Å².